The van der Waals surface area contributed by atoms with Gasteiger partial charge in [0.25, 0.3) is 5.24 Å². The van der Waals surface area contributed by atoms with Crippen LogP contribution in [0.1, 0.15) is 23.7 Å². The molecule has 0 aliphatic heterocycles. The maximum absolute atomic E-state index is 11.8. The fourth-order valence-electron chi connectivity index (χ4n) is 2.49. The molecule has 0 amide bonds. The lowest BCUT2D eigenvalue weighted by molar-refractivity contribution is 0.108. The SMILES string of the molecule is CCCOc1cccc(-c2cc(C(=O)Cl)c3cccc(Cl)c3n2)c1. The van der Waals surface area contributed by atoms with Gasteiger partial charge in [-0.3, -0.25) is 4.79 Å². The number of carbonyl (C=O) groups excluding carboxylic acids is 1. The normalized spacial score (nSPS) is 10.8. The Morgan fingerprint density at radius 3 is 2.71 bits per heavy atom. The minimum absolute atomic E-state index is 0.388. The first kappa shape index (κ1) is 16.7. The van der Waals surface area contributed by atoms with E-state index in [-0.39, 0.29) is 0 Å². The predicted molar refractivity (Wildman–Crippen MR) is 98.2 cm³/mol. The number of aromatic nitrogens is 1. The second kappa shape index (κ2) is 7.20. The highest BCUT2D eigenvalue weighted by Crippen LogP contribution is 2.31. The van der Waals surface area contributed by atoms with Crippen molar-refractivity contribution < 1.29 is 9.53 Å². The van der Waals surface area contributed by atoms with Crippen molar-refractivity contribution in [2.45, 2.75) is 13.3 Å². The van der Waals surface area contributed by atoms with Crippen molar-refractivity contribution in [3.63, 3.8) is 0 Å². The van der Waals surface area contributed by atoms with Crippen molar-refractivity contribution in [3.8, 4) is 17.0 Å². The smallest absolute Gasteiger partial charge is 0.253 e. The van der Waals surface area contributed by atoms with Gasteiger partial charge in [-0.2, -0.15) is 0 Å². The predicted octanol–water partition coefficient (Wildman–Crippen LogP) is 5.72. The largest absolute Gasteiger partial charge is 0.494 e. The Kier molecular flexibility index (Phi) is 5.03. The Labute approximate surface area is 150 Å². The molecule has 0 unspecified atom stereocenters. The molecule has 0 spiro atoms. The Morgan fingerprint density at radius 1 is 1.17 bits per heavy atom. The summed E-state index contributed by atoms with van der Waals surface area (Å²) in [5, 5.41) is 0.584. The van der Waals surface area contributed by atoms with Crippen LogP contribution in [0, 0.1) is 0 Å². The number of hydrogen-bond acceptors (Lipinski definition) is 3. The van der Waals surface area contributed by atoms with Crippen molar-refractivity contribution in [2.24, 2.45) is 0 Å². The monoisotopic (exact) mass is 359 g/mol. The highest BCUT2D eigenvalue weighted by molar-refractivity contribution is 6.68. The van der Waals surface area contributed by atoms with Crippen LogP contribution in [0.25, 0.3) is 22.2 Å². The van der Waals surface area contributed by atoms with Crippen LogP contribution in [0.4, 0.5) is 0 Å². The van der Waals surface area contributed by atoms with E-state index in [1.54, 1.807) is 24.3 Å². The van der Waals surface area contributed by atoms with E-state index >= 15 is 0 Å². The highest BCUT2D eigenvalue weighted by Gasteiger charge is 2.14. The molecule has 1 aromatic heterocycles. The summed E-state index contributed by atoms with van der Waals surface area (Å²) < 4.78 is 5.66. The minimum Gasteiger partial charge on any atom is -0.494 e. The summed E-state index contributed by atoms with van der Waals surface area (Å²) in [6.07, 6.45) is 0.930. The first-order valence-corrected chi connectivity index (χ1v) is 8.38. The summed E-state index contributed by atoms with van der Waals surface area (Å²) in [5.41, 5.74) is 2.41. The van der Waals surface area contributed by atoms with Crippen molar-refractivity contribution in [1.82, 2.24) is 4.98 Å². The van der Waals surface area contributed by atoms with Gasteiger partial charge in [-0.15, -0.1) is 0 Å². The second-order valence-corrected chi connectivity index (χ2v) is 6.09. The van der Waals surface area contributed by atoms with Gasteiger partial charge in [0, 0.05) is 16.5 Å². The lowest BCUT2D eigenvalue weighted by Gasteiger charge is -2.10. The van der Waals surface area contributed by atoms with Crippen LogP contribution >= 0.6 is 23.2 Å². The molecule has 0 atom stereocenters. The summed E-state index contributed by atoms with van der Waals surface area (Å²) in [4.78, 5) is 16.4. The van der Waals surface area contributed by atoms with Gasteiger partial charge in [0.1, 0.15) is 5.75 Å². The molecular weight excluding hydrogens is 345 g/mol. The van der Waals surface area contributed by atoms with E-state index < -0.39 is 5.24 Å². The average molecular weight is 360 g/mol. The standard InChI is InChI=1S/C19H15Cl2NO2/c1-2-9-24-13-6-3-5-12(10-13)17-11-15(19(21)23)14-7-4-8-16(20)18(14)22-17/h3-8,10-11H,2,9H2,1H3. The van der Waals surface area contributed by atoms with Crippen LogP contribution in [0.5, 0.6) is 5.75 Å². The molecule has 3 rings (SSSR count). The lowest BCUT2D eigenvalue weighted by Crippen LogP contribution is -1.97. The highest BCUT2D eigenvalue weighted by atomic mass is 35.5. The number of carbonyl (C=O) groups is 1. The molecule has 0 N–H and O–H groups in total. The Balaban J connectivity index is 2.16. The van der Waals surface area contributed by atoms with Gasteiger partial charge in [0.05, 0.1) is 22.8 Å². The Bertz CT molecular complexity index is 909. The van der Waals surface area contributed by atoms with Gasteiger partial charge in [0.2, 0.25) is 0 Å². The first-order chi connectivity index (χ1) is 11.6. The van der Waals surface area contributed by atoms with E-state index in [0.717, 1.165) is 17.7 Å². The molecule has 0 saturated carbocycles. The molecule has 5 heteroatoms. The zero-order valence-corrected chi connectivity index (χ0v) is 14.6. The maximum Gasteiger partial charge on any atom is 0.253 e. The second-order valence-electron chi connectivity index (χ2n) is 5.34. The molecule has 24 heavy (non-hydrogen) atoms. The number of rotatable bonds is 5. The third-order valence-electron chi connectivity index (χ3n) is 3.60. The van der Waals surface area contributed by atoms with Crippen LogP contribution < -0.4 is 4.74 Å². The molecule has 1 heterocycles. The zero-order valence-electron chi connectivity index (χ0n) is 13.1. The van der Waals surface area contributed by atoms with Gasteiger partial charge in [-0.05, 0) is 42.3 Å². The molecule has 0 bridgehead atoms. The number of nitrogens with zero attached hydrogens (tertiary/aromatic N) is 1. The number of pyridine rings is 1. The van der Waals surface area contributed by atoms with Gasteiger partial charge >= 0.3 is 0 Å². The number of ether oxygens (including phenoxy) is 1. The van der Waals surface area contributed by atoms with Crippen molar-refractivity contribution in [1.29, 1.82) is 0 Å². The molecule has 122 valence electrons. The van der Waals surface area contributed by atoms with E-state index in [9.17, 15) is 4.79 Å². The molecule has 0 aliphatic carbocycles. The zero-order chi connectivity index (χ0) is 17.1. The fraction of sp³-hybridized carbons (Fsp3) is 0.158. The van der Waals surface area contributed by atoms with E-state index in [0.29, 0.717) is 33.8 Å². The molecule has 3 aromatic rings. The first-order valence-electron chi connectivity index (χ1n) is 7.62. The third kappa shape index (κ3) is 3.37. The van der Waals surface area contributed by atoms with Crippen LogP contribution in [0.2, 0.25) is 5.02 Å². The Hall–Kier alpha value is -2.10. The molecule has 2 aromatic carbocycles. The Morgan fingerprint density at radius 2 is 1.96 bits per heavy atom. The number of para-hydroxylation sites is 1. The van der Waals surface area contributed by atoms with Gasteiger partial charge in [-0.25, -0.2) is 4.98 Å². The van der Waals surface area contributed by atoms with Crippen LogP contribution in [0.3, 0.4) is 0 Å². The number of benzene rings is 2. The topological polar surface area (TPSA) is 39.2 Å². The summed E-state index contributed by atoms with van der Waals surface area (Å²) in [6.45, 7) is 2.70. The van der Waals surface area contributed by atoms with Gasteiger partial charge in [-0.1, -0.05) is 42.8 Å². The quantitative estimate of drug-likeness (QED) is 0.546. The molecule has 0 radical (unpaired) electrons. The maximum atomic E-state index is 11.8. The third-order valence-corrected chi connectivity index (χ3v) is 4.11. The summed E-state index contributed by atoms with van der Waals surface area (Å²) in [7, 11) is 0. The molecule has 3 nitrogen and oxygen atoms in total. The minimum atomic E-state index is -0.538. The van der Waals surface area contributed by atoms with E-state index in [4.69, 9.17) is 27.9 Å². The number of fused-ring (bicyclic) bond motifs is 1. The van der Waals surface area contributed by atoms with E-state index in [1.165, 1.54) is 0 Å². The fourth-order valence-corrected chi connectivity index (χ4v) is 2.86. The summed E-state index contributed by atoms with van der Waals surface area (Å²) in [5.74, 6) is 0.758. The number of halogens is 2. The van der Waals surface area contributed by atoms with Crippen LogP contribution in [0.15, 0.2) is 48.5 Å². The average Bonchev–Trinajstić information content (AvgIpc) is 2.59. The van der Waals surface area contributed by atoms with E-state index in [1.807, 2.05) is 24.3 Å². The lowest BCUT2D eigenvalue weighted by atomic mass is 10.0. The van der Waals surface area contributed by atoms with Crippen LogP contribution in [-0.4, -0.2) is 16.8 Å². The van der Waals surface area contributed by atoms with Crippen molar-refractivity contribution >= 4 is 39.3 Å². The van der Waals surface area contributed by atoms with E-state index in [2.05, 4.69) is 11.9 Å². The summed E-state index contributed by atoms with van der Waals surface area (Å²) in [6, 6.07) is 14.6. The molecule has 0 fully saturated rings. The van der Waals surface area contributed by atoms with Crippen molar-refractivity contribution in [2.75, 3.05) is 6.61 Å². The van der Waals surface area contributed by atoms with Gasteiger partial charge in [0.15, 0.2) is 0 Å². The van der Waals surface area contributed by atoms with Crippen LogP contribution in [-0.2, 0) is 0 Å². The van der Waals surface area contributed by atoms with Crippen molar-refractivity contribution in [3.05, 3.63) is 59.1 Å². The molecular formula is C19H15Cl2NO2. The number of hydrogen-bond donors (Lipinski definition) is 0. The molecule has 0 saturated heterocycles. The van der Waals surface area contributed by atoms with Gasteiger partial charge < -0.3 is 4.74 Å². The molecule has 0 aliphatic rings. The summed E-state index contributed by atoms with van der Waals surface area (Å²) >= 11 is 12.0.